The molecule has 2 unspecified atom stereocenters. The molecular weight excluding hydrogens is 214 g/mol. The first-order valence-electron chi connectivity index (χ1n) is 5.89. The Kier molecular flexibility index (Phi) is 2.96. The van der Waals surface area contributed by atoms with Crippen molar-refractivity contribution >= 4 is 5.97 Å². The van der Waals surface area contributed by atoms with Gasteiger partial charge in [-0.2, -0.15) is 0 Å². The van der Waals surface area contributed by atoms with Crippen LogP contribution in [0.4, 0.5) is 0 Å². The number of nitrogens with one attached hydrogen (secondary N) is 1. The first-order valence-corrected chi connectivity index (χ1v) is 5.89. The quantitative estimate of drug-likeness (QED) is 0.811. The Labute approximate surface area is 102 Å². The van der Waals surface area contributed by atoms with Gasteiger partial charge >= 0.3 is 5.97 Å². The van der Waals surface area contributed by atoms with E-state index >= 15 is 0 Å². The molecular formula is C14H19NO2. The van der Waals surface area contributed by atoms with Gasteiger partial charge in [-0.05, 0) is 38.4 Å². The minimum atomic E-state index is -0.507. The van der Waals surface area contributed by atoms with Crippen LogP contribution in [0.25, 0.3) is 0 Å². The predicted molar refractivity (Wildman–Crippen MR) is 67.1 cm³/mol. The summed E-state index contributed by atoms with van der Waals surface area (Å²) in [7, 11) is 3.27. The van der Waals surface area contributed by atoms with Gasteiger partial charge in [-0.25, -0.2) is 0 Å². The van der Waals surface area contributed by atoms with Crippen molar-refractivity contribution in [1.82, 2.24) is 5.32 Å². The summed E-state index contributed by atoms with van der Waals surface area (Å²) in [6.45, 7) is 4.16. The summed E-state index contributed by atoms with van der Waals surface area (Å²) in [5.74, 6) is 0.0748. The van der Waals surface area contributed by atoms with E-state index in [2.05, 4.69) is 37.4 Å². The summed E-state index contributed by atoms with van der Waals surface area (Å²) < 4.78 is 4.89. The topological polar surface area (TPSA) is 38.3 Å². The molecule has 17 heavy (non-hydrogen) atoms. The molecule has 1 fully saturated rings. The summed E-state index contributed by atoms with van der Waals surface area (Å²) in [6, 6.07) is 6.38. The third-order valence-electron chi connectivity index (χ3n) is 3.77. The van der Waals surface area contributed by atoms with Crippen molar-refractivity contribution in [1.29, 1.82) is 0 Å². The van der Waals surface area contributed by atoms with E-state index < -0.39 is 5.54 Å². The highest BCUT2D eigenvalue weighted by atomic mass is 16.5. The lowest BCUT2D eigenvalue weighted by atomic mass is 9.99. The van der Waals surface area contributed by atoms with Crippen molar-refractivity contribution in [2.24, 2.45) is 0 Å². The Bertz CT molecular complexity index is 456. The van der Waals surface area contributed by atoms with Crippen molar-refractivity contribution < 1.29 is 9.53 Å². The van der Waals surface area contributed by atoms with Crippen LogP contribution in [0.3, 0.4) is 0 Å². The molecule has 0 spiro atoms. The van der Waals surface area contributed by atoms with Gasteiger partial charge in [0.15, 0.2) is 0 Å². The van der Waals surface area contributed by atoms with Crippen LogP contribution in [0.15, 0.2) is 18.2 Å². The van der Waals surface area contributed by atoms with Crippen LogP contribution in [0, 0.1) is 13.8 Å². The second kappa shape index (κ2) is 4.15. The van der Waals surface area contributed by atoms with E-state index in [4.69, 9.17) is 4.74 Å². The van der Waals surface area contributed by atoms with Crippen LogP contribution in [0.2, 0.25) is 0 Å². The highest BCUT2D eigenvalue weighted by Crippen LogP contribution is 2.52. The highest BCUT2D eigenvalue weighted by molar-refractivity contribution is 5.87. The average Bonchev–Trinajstić information content (AvgIpc) is 3.07. The number of carbonyl (C=O) groups is 1. The summed E-state index contributed by atoms with van der Waals surface area (Å²) in [6.07, 6.45) is 0.820. The number of esters is 1. The number of hydrogen-bond acceptors (Lipinski definition) is 3. The van der Waals surface area contributed by atoms with Crippen LogP contribution in [-0.4, -0.2) is 25.7 Å². The van der Waals surface area contributed by atoms with Crippen LogP contribution in [-0.2, 0) is 9.53 Å². The van der Waals surface area contributed by atoms with E-state index in [1.54, 1.807) is 0 Å². The Hall–Kier alpha value is -1.35. The number of rotatable bonds is 3. The van der Waals surface area contributed by atoms with Crippen LogP contribution in [0.5, 0.6) is 0 Å². The largest absolute Gasteiger partial charge is 0.468 e. The molecule has 0 aliphatic heterocycles. The van der Waals surface area contributed by atoms with Gasteiger partial charge in [-0.3, -0.25) is 4.79 Å². The highest BCUT2D eigenvalue weighted by Gasteiger charge is 2.61. The van der Waals surface area contributed by atoms with Crippen LogP contribution >= 0.6 is 0 Å². The molecule has 0 aromatic heterocycles. The monoisotopic (exact) mass is 233 g/mol. The molecule has 1 N–H and O–H groups in total. The third-order valence-corrected chi connectivity index (χ3v) is 3.77. The average molecular weight is 233 g/mol. The van der Waals surface area contributed by atoms with E-state index in [0.29, 0.717) is 0 Å². The molecule has 0 bridgehead atoms. The zero-order chi connectivity index (χ0) is 12.6. The lowest BCUT2D eigenvalue weighted by molar-refractivity contribution is -0.144. The molecule has 3 nitrogen and oxygen atoms in total. The van der Waals surface area contributed by atoms with Crippen molar-refractivity contribution in [3.63, 3.8) is 0 Å². The molecule has 2 atom stereocenters. The standard InChI is InChI=1S/C14H19NO2/c1-9-5-6-10(2)11(7-9)12-8-14(12,15-3)13(16)17-4/h5-7,12,15H,8H2,1-4H3. The zero-order valence-electron chi connectivity index (χ0n) is 10.8. The van der Waals surface area contributed by atoms with Crippen molar-refractivity contribution in [2.75, 3.05) is 14.2 Å². The molecule has 1 aromatic carbocycles. The first-order chi connectivity index (χ1) is 8.05. The smallest absolute Gasteiger partial charge is 0.326 e. The van der Waals surface area contributed by atoms with E-state index in [0.717, 1.165) is 6.42 Å². The fourth-order valence-corrected chi connectivity index (χ4v) is 2.56. The lowest BCUT2D eigenvalue weighted by Gasteiger charge is -2.15. The second-order valence-corrected chi connectivity index (χ2v) is 4.83. The number of aryl methyl sites for hydroxylation is 2. The molecule has 1 aliphatic rings. The number of benzene rings is 1. The number of ether oxygens (including phenoxy) is 1. The summed E-state index contributed by atoms with van der Waals surface area (Å²) in [5, 5.41) is 3.12. The number of methoxy groups -OCH3 is 1. The van der Waals surface area contributed by atoms with Crippen molar-refractivity contribution in [2.45, 2.75) is 31.7 Å². The number of carbonyl (C=O) groups excluding carboxylic acids is 1. The maximum absolute atomic E-state index is 11.8. The fourth-order valence-electron chi connectivity index (χ4n) is 2.56. The lowest BCUT2D eigenvalue weighted by Crippen LogP contribution is -2.39. The van der Waals surface area contributed by atoms with Crippen LogP contribution in [0.1, 0.15) is 29.0 Å². The number of likely N-dealkylation sites (N-methyl/N-ethyl adjacent to an activating group) is 1. The third kappa shape index (κ3) is 1.84. The molecule has 0 radical (unpaired) electrons. The molecule has 1 saturated carbocycles. The van der Waals surface area contributed by atoms with Gasteiger partial charge in [0.2, 0.25) is 0 Å². The minimum absolute atomic E-state index is 0.161. The van der Waals surface area contributed by atoms with Gasteiger partial charge in [0.1, 0.15) is 5.54 Å². The van der Waals surface area contributed by atoms with Gasteiger partial charge < -0.3 is 10.1 Å². The molecule has 1 aliphatic carbocycles. The molecule has 92 valence electrons. The summed E-state index contributed by atoms with van der Waals surface area (Å²) >= 11 is 0. The van der Waals surface area contributed by atoms with E-state index in [9.17, 15) is 4.79 Å². The second-order valence-electron chi connectivity index (χ2n) is 4.83. The fraction of sp³-hybridized carbons (Fsp3) is 0.500. The maximum atomic E-state index is 11.8. The summed E-state index contributed by atoms with van der Waals surface area (Å²) in [5.41, 5.74) is 3.21. The van der Waals surface area contributed by atoms with Gasteiger partial charge in [0, 0.05) is 5.92 Å². The van der Waals surface area contributed by atoms with Gasteiger partial charge in [0.25, 0.3) is 0 Å². The van der Waals surface area contributed by atoms with Gasteiger partial charge in [-0.1, -0.05) is 23.8 Å². The van der Waals surface area contributed by atoms with Crippen molar-refractivity contribution in [3.05, 3.63) is 34.9 Å². The number of hydrogen-bond donors (Lipinski definition) is 1. The SMILES string of the molecule is CNC1(C(=O)OC)CC1c1cc(C)ccc1C. The molecule has 0 saturated heterocycles. The van der Waals surface area contributed by atoms with Gasteiger partial charge in [-0.15, -0.1) is 0 Å². The zero-order valence-corrected chi connectivity index (χ0v) is 10.8. The van der Waals surface area contributed by atoms with Crippen LogP contribution < -0.4 is 5.32 Å². The van der Waals surface area contributed by atoms with E-state index in [-0.39, 0.29) is 11.9 Å². The minimum Gasteiger partial charge on any atom is -0.468 e. The van der Waals surface area contributed by atoms with E-state index in [1.807, 2.05) is 7.05 Å². The molecule has 0 amide bonds. The molecule has 3 heteroatoms. The maximum Gasteiger partial charge on any atom is 0.326 e. The Morgan fingerprint density at radius 1 is 1.47 bits per heavy atom. The Morgan fingerprint density at radius 3 is 2.76 bits per heavy atom. The van der Waals surface area contributed by atoms with Gasteiger partial charge in [0.05, 0.1) is 7.11 Å². The van der Waals surface area contributed by atoms with Crippen molar-refractivity contribution in [3.8, 4) is 0 Å². The summed E-state index contributed by atoms with van der Waals surface area (Å²) in [4.78, 5) is 11.8. The first kappa shape index (κ1) is 12.1. The molecule has 1 aromatic rings. The Morgan fingerprint density at radius 2 is 2.18 bits per heavy atom. The molecule has 2 rings (SSSR count). The predicted octanol–water partition coefficient (Wildman–Crippen LogP) is 1.92. The molecule has 0 heterocycles. The van der Waals surface area contributed by atoms with E-state index in [1.165, 1.54) is 23.8 Å². The Balaban J connectivity index is 2.32. The normalized spacial score (nSPS) is 26.7.